The minimum Gasteiger partial charge on any atom is -0.222 e. The van der Waals surface area contributed by atoms with E-state index in [4.69, 9.17) is 16.6 Å². The van der Waals surface area contributed by atoms with Crippen molar-refractivity contribution in [2.24, 2.45) is 0 Å². The Hall–Kier alpha value is -0.670. The van der Waals surface area contributed by atoms with E-state index in [1.165, 1.54) is 30.6 Å². The van der Waals surface area contributed by atoms with E-state index in [0.717, 1.165) is 22.5 Å². The fraction of sp³-hybridized carbons (Fsp3) is 0.538. The summed E-state index contributed by atoms with van der Waals surface area (Å²) in [7, 11) is 0. The Bertz CT molecular complexity index is 544. The van der Waals surface area contributed by atoms with Crippen molar-refractivity contribution in [1.82, 2.24) is 9.97 Å². The molecular formula is C13H15ClN2S. The van der Waals surface area contributed by atoms with Gasteiger partial charge in [0.25, 0.3) is 0 Å². The maximum atomic E-state index is 6.27. The SMILES string of the molecule is CCc1cc2c(Cl)nc(C3CCCC3)nc2s1. The van der Waals surface area contributed by atoms with Gasteiger partial charge in [0.1, 0.15) is 15.8 Å². The summed E-state index contributed by atoms with van der Waals surface area (Å²) in [6.45, 7) is 2.16. The Labute approximate surface area is 110 Å². The molecule has 2 nitrogen and oxygen atoms in total. The van der Waals surface area contributed by atoms with Crippen molar-refractivity contribution in [2.45, 2.75) is 44.9 Å². The number of aromatic nitrogens is 2. The summed E-state index contributed by atoms with van der Waals surface area (Å²) in [6, 6.07) is 2.13. The Kier molecular flexibility index (Phi) is 3.05. The Morgan fingerprint density at radius 3 is 2.82 bits per heavy atom. The van der Waals surface area contributed by atoms with Crippen LogP contribution in [0.5, 0.6) is 0 Å². The highest BCUT2D eigenvalue weighted by Gasteiger charge is 2.21. The molecule has 0 amide bonds. The molecule has 0 atom stereocenters. The van der Waals surface area contributed by atoms with Gasteiger partial charge in [0.2, 0.25) is 0 Å². The lowest BCUT2D eigenvalue weighted by Crippen LogP contribution is -2.00. The highest BCUT2D eigenvalue weighted by atomic mass is 35.5. The topological polar surface area (TPSA) is 25.8 Å². The van der Waals surface area contributed by atoms with Gasteiger partial charge in [-0.25, -0.2) is 9.97 Å². The lowest BCUT2D eigenvalue weighted by atomic mass is 10.1. The third-order valence-electron chi connectivity index (χ3n) is 3.48. The molecule has 90 valence electrons. The summed E-state index contributed by atoms with van der Waals surface area (Å²) >= 11 is 8.02. The first kappa shape index (κ1) is 11.4. The van der Waals surface area contributed by atoms with Gasteiger partial charge in [-0.1, -0.05) is 31.4 Å². The Balaban J connectivity index is 2.09. The van der Waals surface area contributed by atoms with Crippen LogP contribution in [-0.2, 0) is 6.42 Å². The van der Waals surface area contributed by atoms with Crippen LogP contribution in [0.1, 0.15) is 49.2 Å². The normalized spacial score (nSPS) is 17.1. The molecule has 1 aliphatic carbocycles. The molecule has 1 fully saturated rings. The maximum Gasteiger partial charge on any atom is 0.141 e. The number of hydrogen-bond donors (Lipinski definition) is 0. The van der Waals surface area contributed by atoms with Gasteiger partial charge in [-0.05, 0) is 25.3 Å². The summed E-state index contributed by atoms with van der Waals surface area (Å²) in [5, 5.41) is 1.66. The van der Waals surface area contributed by atoms with Gasteiger partial charge in [0.15, 0.2) is 0 Å². The number of fused-ring (bicyclic) bond motifs is 1. The maximum absolute atomic E-state index is 6.27. The van der Waals surface area contributed by atoms with Crippen LogP contribution < -0.4 is 0 Å². The summed E-state index contributed by atoms with van der Waals surface area (Å²) in [4.78, 5) is 11.6. The number of thiophene rings is 1. The standard InChI is InChI=1S/C13H15ClN2S/c1-2-9-7-10-11(14)15-12(16-13(10)17-9)8-5-3-4-6-8/h7-8H,2-6H2,1H3. The van der Waals surface area contributed by atoms with Gasteiger partial charge in [0.05, 0.1) is 0 Å². The first-order valence-electron chi connectivity index (χ1n) is 6.23. The van der Waals surface area contributed by atoms with Crippen molar-refractivity contribution in [3.05, 3.63) is 21.9 Å². The van der Waals surface area contributed by atoms with Crippen LogP contribution in [0.3, 0.4) is 0 Å². The molecule has 17 heavy (non-hydrogen) atoms. The quantitative estimate of drug-likeness (QED) is 0.745. The van der Waals surface area contributed by atoms with E-state index in [0.29, 0.717) is 11.1 Å². The summed E-state index contributed by atoms with van der Waals surface area (Å²) in [5.41, 5.74) is 0. The van der Waals surface area contributed by atoms with E-state index in [1.807, 2.05) is 0 Å². The van der Waals surface area contributed by atoms with Crippen molar-refractivity contribution in [3.8, 4) is 0 Å². The molecule has 3 rings (SSSR count). The first-order chi connectivity index (χ1) is 8.28. The fourth-order valence-corrected chi connectivity index (χ4v) is 3.75. The zero-order chi connectivity index (χ0) is 11.8. The minimum atomic E-state index is 0.532. The van der Waals surface area contributed by atoms with E-state index in [-0.39, 0.29) is 0 Å². The second-order valence-corrected chi connectivity index (χ2v) is 6.11. The van der Waals surface area contributed by atoms with Crippen LogP contribution >= 0.6 is 22.9 Å². The van der Waals surface area contributed by atoms with E-state index in [2.05, 4.69) is 18.0 Å². The van der Waals surface area contributed by atoms with E-state index in [1.54, 1.807) is 11.3 Å². The molecule has 0 unspecified atom stereocenters. The predicted octanol–water partition coefficient (Wildman–Crippen LogP) is 4.56. The van der Waals surface area contributed by atoms with Crippen LogP contribution in [0, 0.1) is 0 Å². The largest absolute Gasteiger partial charge is 0.222 e. The van der Waals surface area contributed by atoms with Gasteiger partial charge < -0.3 is 0 Å². The van der Waals surface area contributed by atoms with Crippen LogP contribution in [0.2, 0.25) is 5.15 Å². The third kappa shape index (κ3) is 2.06. The molecule has 0 spiro atoms. The van der Waals surface area contributed by atoms with Crippen LogP contribution in [0.15, 0.2) is 6.07 Å². The monoisotopic (exact) mass is 266 g/mol. The van der Waals surface area contributed by atoms with Gasteiger partial charge >= 0.3 is 0 Å². The van der Waals surface area contributed by atoms with E-state index in [9.17, 15) is 0 Å². The summed E-state index contributed by atoms with van der Waals surface area (Å²) < 4.78 is 0. The number of halogens is 1. The third-order valence-corrected chi connectivity index (χ3v) is 4.94. The molecule has 2 aromatic rings. The molecule has 0 aliphatic heterocycles. The highest BCUT2D eigenvalue weighted by molar-refractivity contribution is 7.18. The summed E-state index contributed by atoms with van der Waals surface area (Å²) in [5.74, 6) is 1.49. The van der Waals surface area contributed by atoms with Gasteiger partial charge in [-0.15, -0.1) is 11.3 Å². The fourth-order valence-electron chi connectivity index (χ4n) is 2.49. The first-order valence-corrected chi connectivity index (χ1v) is 7.43. The lowest BCUT2D eigenvalue weighted by Gasteiger charge is -2.07. The number of hydrogen-bond acceptors (Lipinski definition) is 3. The Morgan fingerprint density at radius 1 is 1.35 bits per heavy atom. The van der Waals surface area contributed by atoms with Crippen LogP contribution in [-0.4, -0.2) is 9.97 Å². The van der Waals surface area contributed by atoms with E-state index >= 15 is 0 Å². The van der Waals surface area contributed by atoms with Gasteiger partial charge in [0, 0.05) is 16.2 Å². The van der Waals surface area contributed by atoms with Gasteiger partial charge in [-0.3, -0.25) is 0 Å². The smallest absolute Gasteiger partial charge is 0.141 e. The highest BCUT2D eigenvalue weighted by Crippen LogP contribution is 2.35. The van der Waals surface area contributed by atoms with Crippen LogP contribution in [0.25, 0.3) is 10.2 Å². The molecule has 0 saturated heterocycles. The molecular weight excluding hydrogens is 252 g/mol. The number of aryl methyl sites for hydroxylation is 1. The molecule has 1 saturated carbocycles. The number of nitrogens with zero attached hydrogens (tertiary/aromatic N) is 2. The van der Waals surface area contributed by atoms with Crippen molar-refractivity contribution < 1.29 is 0 Å². The molecule has 4 heteroatoms. The number of rotatable bonds is 2. The van der Waals surface area contributed by atoms with Crippen LogP contribution in [0.4, 0.5) is 0 Å². The predicted molar refractivity (Wildman–Crippen MR) is 73.0 cm³/mol. The molecule has 2 aromatic heterocycles. The van der Waals surface area contributed by atoms with Crippen molar-refractivity contribution in [3.63, 3.8) is 0 Å². The minimum absolute atomic E-state index is 0.532. The molecule has 1 aliphatic rings. The van der Waals surface area contributed by atoms with Crippen molar-refractivity contribution in [2.75, 3.05) is 0 Å². The zero-order valence-corrected chi connectivity index (χ0v) is 11.4. The molecule has 0 radical (unpaired) electrons. The molecule has 0 aromatic carbocycles. The average Bonchev–Trinajstić information content (AvgIpc) is 2.97. The molecule has 0 bridgehead atoms. The van der Waals surface area contributed by atoms with Crippen molar-refractivity contribution >= 4 is 33.2 Å². The summed E-state index contributed by atoms with van der Waals surface area (Å²) in [6.07, 6.45) is 6.07. The molecule has 0 N–H and O–H groups in total. The molecule has 2 heterocycles. The second kappa shape index (κ2) is 4.54. The lowest BCUT2D eigenvalue weighted by molar-refractivity contribution is 0.673. The zero-order valence-electron chi connectivity index (χ0n) is 9.87. The van der Waals surface area contributed by atoms with Crippen molar-refractivity contribution in [1.29, 1.82) is 0 Å². The Morgan fingerprint density at radius 2 is 2.12 bits per heavy atom. The average molecular weight is 267 g/mol. The second-order valence-electron chi connectivity index (χ2n) is 4.64. The van der Waals surface area contributed by atoms with E-state index < -0.39 is 0 Å². The van der Waals surface area contributed by atoms with Gasteiger partial charge in [-0.2, -0.15) is 0 Å².